The molecule has 1 aromatic rings. The summed E-state index contributed by atoms with van der Waals surface area (Å²) in [6.45, 7) is 0.670. The lowest BCUT2D eigenvalue weighted by Crippen LogP contribution is -2.40. The van der Waals surface area contributed by atoms with Crippen molar-refractivity contribution in [3.05, 3.63) is 33.8 Å². The summed E-state index contributed by atoms with van der Waals surface area (Å²) in [4.78, 5) is 0. The van der Waals surface area contributed by atoms with Crippen LogP contribution >= 0.6 is 23.2 Å². The van der Waals surface area contributed by atoms with Crippen LogP contribution in [-0.4, -0.2) is 17.0 Å². The van der Waals surface area contributed by atoms with Gasteiger partial charge in [0.1, 0.15) is 0 Å². The third-order valence-electron chi connectivity index (χ3n) is 4.32. The van der Waals surface area contributed by atoms with Gasteiger partial charge in [-0.1, -0.05) is 34.4 Å². The van der Waals surface area contributed by atoms with Crippen LogP contribution in [0.5, 0.6) is 0 Å². The zero-order valence-electron chi connectivity index (χ0n) is 10.4. The van der Waals surface area contributed by atoms with E-state index < -0.39 is 0 Å². The second kappa shape index (κ2) is 5.31. The van der Waals surface area contributed by atoms with E-state index in [1.807, 2.05) is 12.1 Å². The van der Waals surface area contributed by atoms with Crippen LogP contribution < -0.4 is 5.32 Å². The predicted octanol–water partition coefficient (Wildman–Crippen LogP) is 3.71. The Morgan fingerprint density at radius 3 is 2.89 bits per heavy atom. The quantitative estimate of drug-likeness (QED) is 0.660. The Morgan fingerprint density at radius 2 is 2.16 bits per heavy atom. The number of nitrogens with one attached hydrogen (secondary N) is 1. The van der Waals surface area contributed by atoms with Gasteiger partial charge in [0.25, 0.3) is 0 Å². The predicted molar refractivity (Wildman–Crippen MR) is 77.1 cm³/mol. The molecule has 0 amide bonds. The molecule has 0 spiro atoms. The molecule has 2 N–H and O–H groups in total. The van der Waals surface area contributed by atoms with Crippen LogP contribution in [0, 0.1) is 11.8 Å². The van der Waals surface area contributed by atoms with Crippen molar-refractivity contribution in [3.8, 4) is 0 Å². The number of oxime groups is 1. The highest BCUT2D eigenvalue weighted by Crippen LogP contribution is 2.43. The number of nitrogens with zero attached hydrogens (tertiary/aromatic N) is 1. The molecule has 102 valence electrons. The summed E-state index contributed by atoms with van der Waals surface area (Å²) in [5.74, 6) is 1.06. The molecule has 3 atom stereocenters. The highest BCUT2D eigenvalue weighted by Gasteiger charge is 2.45. The van der Waals surface area contributed by atoms with Crippen molar-refractivity contribution in [1.82, 2.24) is 5.32 Å². The minimum atomic E-state index is 0.190. The third-order valence-corrected chi connectivity index (χ3v) is 4.91. The maximum Gasteiger partial charge on any atom is 0.0773 e. The fourth-order valence-corrected chi connectivity index (χ4v) is 3.86. The second-order valence-electron chi connectivity index (χ2n) is 5.39. The van der Waals surface area contributed by atoms with Crippen molar-refractivity contribution in [2.24, 2.45) is 17.0 Å². The fourth-order valence-electron chi connectivity index (χ4n) is 3.38. The monoisotopic (exact) mass is 298 g/mol. The Hall–Kier alpha value is -0.770. The van der Waals surface area contributed by atoms with Crippen LogP contribution in [-0.2, 0) is 6.54 Å². The lowest BCUT2D eigenvalue weighted by molar-refractivity contribution is 0.309. The van der Waals surface area contributed by atoms with Crippen molar-refractivity contribution in [3.63, 3.8) is 0 Å². The molecule has 0 aliphatic heterocycles. The number of rotatable bonds is 3. The minimum Gasteiger partial charge on any atom is -0.411 e. The Bertz CT molecular complexity index is 518. The first-order valence-corrected chi connectivity index (χ1v) is 7.33. The van der Waals surface area contributed by atoms with E-state index in [1.54, 1.807) is 6.07 Å². The first-order chi connectivity index (χ1) is 9.19. The first kappa shape index (κ1) is 13.2. The fraction of sp³-hybridized carbons (Fsp3) is 0.500. The summed E-state index contributed by atoms with van der Waals surface area (Å²) in [5.41, 5.74) is 1.94. The van der Waals surface area contributed by atoms with E-state index in [9.17, 15) is 0 Å². The van der Waals surface area contributed by atoms with Crippen LogP contribution in [0.25, 0.3) is 0 Å². The molecule has 0 aromatic heterocycles. The molecule has 0 radical (unpaired) electrons. The molecule has 2 fully saturated rings. The summed E-state index contributed by atoms with van der Waals surface area (Å²) < 4.78 is 0. The van der Waals surface area contributed by atoms with Gasteiger partial charge in [-0.25, -0.2) is 0 Å². The van der Waals surface area contributed by atoms with Crippen LogP contribution in [0.15, 0.2) is 23.4 Å². The van der Waals surface area contributed by atoms with E-state index in [4.69, 9.17) is 28.4 Å². The number of halogens is 2. The third kappa shape index (κ3) is 2.47. The molecule has 1 aromatic carbocycles. The van der Waals surface area contributed by atoms with Crippen molar-refractivity contribution in [1.29, 1.82) is 0 Å². The van der Waals surface area contributed by atoms with Gasteiger partial charge in [-0.15, -0.1) is 0 Å². The first-order valence-electron chi connectivity index (χ1n) is 6.58. The van der Waals surface area contributed by atoms with E-state index in [0.29, 0.717) is 28.4 Å². The van der Waals surface area contributed by atoms with Crippen molar-refractivity contribution < 1.29 is 5.21 Å². The number of fused-ring (bicyclic) bond motifs is 2. The number of hydrogen-bond donors (Lipinski definition) is 2. The van der Waals surface area contributed by atoms with Gasteiger partial charge in [0.15, 0.2) is 0 Å². The van der Waals surface area contributed by atoms with Gasteiger partial charge >= 0.3 is 0 Å². The zero-order chi connectivity index (χ0) is 13.4. The summed E-state index contributed by atoms with van der Waals surface area (Å²) in [6, 6.07) is 5.71. The molecule has 2 bridgehead atoms. The van der Waals surface area contributed by atoms with Crippen LogP contribution in [0.2, 0.25) is 10.0 Å². The molecule has 5 heteroatoms. The SMILES string of the molecule is ON=C1C2CCC(C2)C1NCc1ccc(Cl)cc1Cl. The summed E-state index contributed by atoms with van der Waals surface area (Å²) in [5, 5.41) is 17.4. The number of benzene rings is 1. The molecule has 2 aliphatic rings. The molecule has 2 saturated carbocycles. The molecule has 3 rings (SSSR count). The maximum absolute atomic E-state index is 9.15. The topological polar surface area (TPSA) is 44.6 Å². The van der Waals surface area contributed by atoms with E-state index in [1.165, 1.54) is 6.42 Å². The highest BCUT2D eigenvalue weighted by atomic mass is 35.5. The van der Waals surface area contributed by atoms with E-state index >= 15 is 0 Å². The molecule has 3 nitrogen and oxygen atoms in total. The van der Waals surface area contributed by atoms with Gasteiger partial charge < -0.3 is 10.5 Å². The van der Waals surface area contributed by atoms with Gasteiger partial charge in [-0.05, 0) is 42.9 Å². The molecular weight excluding hydrogens is 283 g/mol. The summed E-state index contributed by atoms with van der Waals surface area (Å²) in [6.07, 6.45) is 3.52. The van der Waals surface area contributed by atoms with E-state index in [0.717, 1.165) is 24.1 Å². The summed E-state index contributed by atoms with van der Waals surface area (Å²) in [7, 11) is 0. The van der Waals surface area contributed by atoms with Crippen molar-refractivity contribution in [2.45, 2.75) is 31.8 Å². The Balaban J connectivity index is 1.69. The van der Waals surface area contributed by atoms with Crippen LogP contribution in [0.1, 0.15) is 24.8 Å². The van der Waals surface area contributed by atoms with Crippen molar-refractivity contribution >= 4 is 28.9 Å². The normalized spacial score (nSPS) is 31.3. The standard InChI is InChI=1S/C14H16Cl2N2O/c15-11-4-3-10(12(16)6-11)7-17-13-8-1-2-9(5-8)14(13)18-19/h3-4,6,8-9,13,17,19H,1-2,5,7H2. The second-order valence-corrected chi connectivity index (χ2v) is 6.23. The van der Waals surface area contributed by atoms with Crippen molar-refractivity contribution in [2.75, 3.05) is 0 Å². The zero-order valence-corrected chi connectivity index (χ0v) is 12.0. The van der Waals surface area contributed by atoms with Gasteiger partial charge in [0.05, 0.1) is 11.8 Å². The van der Waals surface area contributed by atoms with Gasteiger partial charge in [-0.2, -0.15) is 0 Å². The molecule has 19 heavy (non-hydrogen) atoms. The molecular formula is C14H16Cl2N2O. The summed E-state index contributed by atoms with van der Waals surface area (Å²) >= 11 is 12.0. The molecule has 3 unspecified atom stereocenters. The Kier molecular flexibility index (Phi) is 3.70. The van der Waals surface area contributed by atoms with Gasteiger partial charge in [-0.3, -0.25) is 0 Å². The maximum atomic E-state index is 9.15. The Morgan fingerprint density at radius 1 is 1.32 bits per heavy atom. The molecule has 2 aliphatic carbocycles. The lowest BCUT2D eigenvalue weighted by atomic mass is 9.93. The highest BCUT2D eigenvalue weighted by molar-refractivity contribution is 6.35. The smallest absolute Gasteiger partial charge is 0.0773 e. The van der Waals surface area contributed by atoms with Crippen LogP contribution in [0.4, 0.5) is 0 Å². The van der Waals surface area contributed by atoms with Gasteiger partial charge in [0, 0.05) is 22.5 Å². The largest absolute Gasteiger partial charge is 0.411 e. The van der Waals surface area contributed by atoms with Gasteiger partial charge in [0.2, 0.25) is 0 Å². The van der Waals surface area contributed by atoms with E-state index in [-0.39, 0.29) is 6.04 Å². The lowest BCUT2D eigenvalue weighted by Gasteiger charge is -2.24. The number of hydrogen-bond acceptors (Lipinski definition) is 3. The van der Waals surface area contributed by atoms with Crippen LogP contribution in [0.3, 0.4) is 0 Å². The molecule has 0 heterocycles. The average Bonchev–Trinajstić information content (AvgIpc) is 2.98. The minimum absolute atomic E-state index is 0.190. The molecule has 0 saturated heterocycles. The Labute approximate surface area is 122 Å². The van der Waals surface area contributed by atoms with E-state index in [2.05, 4.69) is 10.5 Å². The average molecular weight is 299 g/mol.